The fourth-order valence-electron chi connectivity index (χ4n) is 3.27. The van der Waals surface area contributed by atoms with E-state index in [1.807, 2.05) is 29.8 Å². The van der Waals surface area contributed by atoms with Gasteiger partial charge in [-0.05, 0) is 18.1 Å². The molecule has 0 saturated carbocycles. The van der Waals surface area contributed by atoms with Gasteiger partial charge >= 0.3 is 0 Å². The molecule has 2 aromatic heterocycles. The highest BCUT2D eigenvalue weighted by Gasteiger charge is 2.15. The summed E-state index contributed by atoms with van der Waals surface area (Å²) in [5.74, 6) is 0.796. The van der Waals surface area contributed by atoms with Crippen LogP contribution in [0.2, 0.25) is 0 Å². The lowest BCUT2D eigenvalue weighted by atomic mass is 10.0. The molecule has 3 heterocycles. The average molecular weight is 374 g/mol. The molecule has 0 amide bonds. The summed E-state index contributed by atoms with van der Waals surface area (Å²) in [4.78, 5) is 9.17. The van der Waals surface area contributed by atoms with Gasteiger partial charge in [0.1, 0.15) is 5.58 Å². The average Bonchev–Trinajstić information content (AvgIpc) is 3.36. The molecule has 2 N–H and O–H groups in total. The number of para-hydroxylation sites is 1. The predicted octanol–water partition coefficient (Wildman–Crippen LogP) is 4.98. The highest BCUT2D eigenvalue weighted by molar-refractivity contribution is 7.14. The third-order valence-corrected chi connectivity index (χ3v) is 5.35. The standard InChI is InChI=1S/C21H18N4OS/c1-2-6-14(7-3-1)17-12-26-19-15(17)8-4-9-16(19)18-13-27-21(24-18)25-20-22-10-5-11-23-20/h1-4,6-9,12-13H,5,10-11H2,(H2,22,23,24,25). The first-order valence-corrected chi connectivity index (χ1v) is 9.83. The zero-order valence-electron chi connectivity index (χ0n) is 14.6. The van der Waals surface area contributed by atoms with E-state index in [4.69, 9.17) is 9.40 Å². The molecular weight excluding hydrogens is 356 g/mol. The quantitative estimate of drug-likeness (QED) is 0.531. The maximum Gasteiger partial charge on any atom is 0.197 e. The van der Waals surface area contributed by atoms with Gasteiger partial charge in [-0.3, -0.25) is 4.99 Å². The topological polar surface area (TPSA) is 62.5 Å². The Hall–Kier alpha value is -3.12. The second-order valence-corrected chi connectivity index (χ2v) is 7.23. The Morgan fingerprint density at radius 3 is 2.81 bits per heavy atom. The number of anilines is 1. The molecule has 0 bridgehead atoms. The Labute approximate surface area is 160 Å². The monoisotopic (exact) mass is 374 g/mol. The number of guanidine groups is 1. The van der Waals surface area contributed by atoms with E-state index in [0.29, 0.717) is 0 Å². The highest BCUT2D eigenvalue weighted by Crippen LogP contribution is 2.37. The number of hydrogen-bond donors (Lipinski definition) is 2. The van der Waals surface area contributed by atoms with Crippen molar-refractivity contribution < 1.29 is 4.42 Å². The van der Waals surface area contributed by atoms with Crippen molar-refractivity contribution in [2.24, 2.45) is 4.99 Å². The molecule has 27 heavy (non-hydrogen) atoms. The number of hydrogen-bond acceptors (Lipinski definition) is 6. The number of nitrogens with one attached hydrogen (secondary N) is 2. The van der Waals surface area contributed by atoms with E-state index in [-0.39, 0.29) is 0 Å². The van der Waals surface area contributed by atoms with Crippen LogP contribution in [0.25, 0.3) is 33.4 Å². The molecule has 2 aromatic carbocycles. The molecule has 5 rings (SSSR count). The van der Waals surface area contributed by atoms with Crippen molar-refractivity contribution in [3.8, 4) is 22.4 Å². The number of nitrogens with zero attached hydrogens (tertiary/aromatic N) is 2. The van der Waals surface area contributed by atoms with Crippen LogP contribution in [0, 0.1) is 0 Å². The van der Waals surface area contributed by atoms with Gasteiger partial charge in [-0.2, -0.15) is 0 Å². The molecule has 5 nitrogen and oxygen atoms in total. The minimum absolute atomic E-state index is 0.796. The molecule has 0 spiro atoms. The molecule has 0 aliphatic carbocycles. The molecule has 134 valence electrons. The normalized spacial score (nSPS) is 14.0. The number of aromatic nitrogens is 1. The minimum Gasteiger partial charge on any atom is -0.463 e. The zero-order chi connectivity index (χ0) is 18.1. The van der Waals surface area contributed by atoms with Crippen LogP contribution in [0.3, 0.4) is 0 Å². The van der Waals surface area contributed by atoms with Gasteiger partial charge in [0.2, 0.25) is 0 Å². The summed E-state index contributed by atoms with van der Waals surface area (Å²) in [6.45, 7) is 1.79. The summed E-state index contributed by atoms with van der Waals surface area (Å²) >= 11 is 1.57. The first kappa shape index (κ1) is 16.1. The Morgan fingerprint density at radius 1 is 1.04 bits per heavy atom. The number of furan rings is 1. The molecule has 1 aliphatic heterocycles. The second kappa shape index (κ2) is 6.89. The Morgan fingerprint density at radius 2 is 1.96 bits per heavy atom. The van der Waals surface area contributed by atoms with Gasteiger partial charge in [-0.15, -0.1) is 11.3 Å². The van der Waals surface area contributed by atoms with Crippen LogP contribution in [0.4, 0.5) is 5.13 Å². The van der Waals surface area contributed by atoms with E-state index in [0.717, 1.165) is 64.0 Å². The number of benzene rings is 2. The predicted molar refractivity (Wildman–Crippen MR) is 111 cm³/mol. The largest absolute Gasteiger partial charge is 0.463 e. The van der Waals surface area contributed by atoms with Gasteiger partial charge < -0.3 is 15.1 Å². The van der Waals surface area contributed by atoms with Gasteiger partial charge in [-0.1, -0.05) is 42.5 Å². The van der Waals surface area contributed by atoms with Gasteiger partial charge in [0.05, 0.1) is 12.0 Å². The number of thiazole rings is 1. The minimum atomic E-state index is 0.796. The van der Waals surface area contributed by atoms with E-state index >= 15 is 0 Å². The first-order valence-electron chi connectivity index (χ1n) is 8.95. The van der Waals surface area contributed by atoms with E-state index < -0.39 is 0 Å². The Balaban J connectivity index is 1.51. The molecule has 6 heteroatoms. The van der Waals surface area contributed by atoms with Crippen molar-refractivity contribution in [1.29, 1.82) is 0 Å². The molecule has 0 fully saturated rings. The van der Waals surface area contributed by atoms with Crippen LogP contribution in [0.15, 0.2) is 69.6 Å². The van der Waals surface area contributed by atoms with Gasteiger partial charge in [0.15, 0.2) is 11.1 Å². The summed E-state index contributed by atoms with van der Waals surface area (Å²) in [6.07, 6.45) is 2.90. The van der Waals surface area contributed by atoms with E-state index in [2.05, 4.69) is 46.0 Å². The SMILES string of the molecule is c1ccc(-c2coc3c(-c4csc(NC5=NCCCN5)n4)cccc23)cc1. The molecule has 0 unspecified atom stereocenters. The Kier molecular flexibility index (Phi) is 4.10. The number of rotatable bonds is 3. The number of fused-ring (bicyclic) bond motifs is 1. The van der Waals surface area contributed by atoms with Crippen molar-refractivity contribution >= 4 is 33.4 Å². The van der Waals surface area contributed by atoms with Crippen LogP contribution in [-0.2, 0) is 0 Å². The molecule has 0 saturated heterocycles. The maximum atomic E-state index is 5.96. The summed E-state index contributed by atoms with van der Waals surface area (Å²) < 4.78 is 5.96. The second-order valence-electron chi connectivity index (χ2n) is 6.37. The number of aliphatic imine (C=N–C) groups is 1. The maximum absolute atomic E-state index is 5.96. The van der Waals surface area contributed by atoms with E-state index in [1.54, 1.807) is 11.3 Å². The summed E-state index contributed by atoms with van der Waals surface area (Å²) in [6, 6.07) is 16.5. The van der Waals surface area contributed by atoms with Crippen molar-refractivity contribution in [3.05, 3.63) is 60.2 Å². The van der Waals surface area contributed by atoms with Gasteiger partial charge in [0.25, 0.3) is 0 Å². The lowest BCUT2D eigenvalue weighted by molar-refractivity contribution is 0.618. The first-order chi connectivity index (χ1) is 13.4. The lowest BCUT2D eigenvalue weighted by Gasteiger charge is -2.14. The van der Waals surface area contributed by atoms with Crippen LogP contribution in [0.5, 0.6) is 0 Å². The van der Waals surface area contributed by atoms with Crippen LogP contribution < -0.4 is 10.6 Å². The van der Waals surface area contributed by atoms with Gasteiger partial charge in [0, 0.05) is 35.0 Å². The van der Waals surface area contributed by atoms with E-state index in [9.17, 15) is 0 Å². The molecular formula is C21H18N4OS. The smallest absolute Gasteiger partial charge is 0.197 e. The summed E-state index contributed by atoms with van der Waals surface area (Å²) in [5, 5.41) is 10.5. The van der Waals surface area contributed by atoms with Crippen LogP contribution >= 0.6 is 11.3 Å². The van der Waals surface area contributed by atoms with E-state index in [1.165, 1.54) is 0 Å². The molecule has 1 aliphatic rings. The van der Waals surface area contributed by atoms with Crippen LogP contribution in [0.1, 0.15) is 6.42 Å². The van der Waals surface area contributed by atoms with Crippen molar-refractivity contribution in [2.45, 2.75) is 6.42 Å². The van der Waals surface area contributed by atoms with Crippen molar-refractivity contribution in [3.63, 3.8) is 0 Å². The summed E-state index contributed by atoms with van der Waals surface area (Å²) in [7, 11) is 0. The molecule has 0 radical (unpaired) electrons. The summed E-state index contributed by atoms with van der Waals surface area (Å²) in [5.41, 5.74) is 5.01. The lowest BCUT2D eigenvalue weighted by Crippen LogP contribution is -2.35. The third-order valence-electron chi connectivity index (χ3n) is 4.59. The molecule has 4 aromatic rings. The fourth-order valence-corrected chi connectivity index (χ4v) is 3.98. The highest BCUT2D eigenvalue weighted by atomic mass is 32.1. The Bertz CT molecular complexity index is 1110. The fraction of sp³-hybridized carbons (Fsp3) is 0.143. The van der Waals surface area contributed by atoms with Gasteiger partial charge in [-0.25, -0.2) is 4.98 Å². The van der Waals surface area contributed by atoms with Crippen LogP contribution in [-0.4, -0.2) is 24.0 Å². The zero-order valence-corrected chi connectivity index (χ0v) is 15.4. The van der Waals surface area contributed by atoms with Crippen molar-refractivity contribution in [1.82, 2.24) is 10.3 Å². The van der Waals surface area contributed by atoms with Crippen molar-refractivity contribution in [2.75, 3.05) is 18.4 Å². The molecule has 0 atom stereocenters. The third kappa shape index (κ3) is 3.08.